The smallest absolute Gasteiger partial charge is 2.00 e. The second-order valence-electron chi connectivity index (χ2n) is 0.0833. The third kappa shape index (κ3) is 137. The molecule has 0 rings (SSSR count). The topological polar surface area (TPSA) is 91.1 Å². The molecule has 0 saturated carbocycles. The van der Waals surface area contributed by atoms with Crippen LogP contribution in [0.2, 0.25) is 0 Å². The molecule has 4 nitrogen and oxygen atoms in total. The third-order valence-electron chi connectivity index (χ3n) is 0. The summed E-state index contributed by atoms with van der Waals surface area (Å²) in [4.78, 5) is 0. The van der Waals surface area contributed by atoms with Crippen molar-refractivity contribution in [3.8, 4) is 0 Å². The molecule has 0 spiro atoms. The Morgan fingerprint density at radius 2 is 1.00 bits per heavy atom. The zero-order chi connectivity index (χ0) is 2.71. The number of rotatable bonds is 0. The maximum absolute atomic E-state index is 8.40. The van der Waals surface area contributed by atoms with E-state index in [-0.39, 0.29) is 55.1 Å². The molecule has 0 aliphatic carbocycles. The summed E-state index contributed by atoms with van der Waals surface area (Å²) in [6.45, 7) is 0. The van der Waals surface area contributed by atoms with Gasteiger partial charge >= 0.3 is 53.4 Å². The Morgan fingerprint density at radius 3 is 1.00 bits per heavy atom. The molecule has 0 amide bonds. The van der Waals surface area contributed by atoms with Gasteiger partial charge in [0, 0.05) is 0 Å². The minimum atomic E-state index is -1.42. The normalized spacial score (nSPS) is 1.14. The average Bonchev–Trinajstić information content (AvgIpc) is 0.918. The molecule has 0 unspecified atom stereocenters. The molecule has 0 aliphatic heterocycles. The summed E-state index contributed by atoms with van der Waals surface area (Å²) >= 11 is 0. The fourth-order valence-electron chi connectivity index (χ4n) is 0. The molecule has 0 atom stereocenters. The molecule has 0 aromatic heterocycles. The predicted octanol–water partition coefficient (Wildman–Crippen LogP) is -0.861. The van der Waals surface area contributed by atoms with Crippen molar-refractivity contribution in [2.75, 3.05) is 0 Å². The van der Waals surface area contributed by atoms with E-state index in [0.29, 0.717) is 0 Å². The van der Waals surface area contributed by atoms with Crippen LogP contribution in [0.25, 0.3) is 0 Å². The summed E-state index contributed by atoms with van der Waals surface area (Å²) in [5, 5.41) is 0. The summed E-state index contributed by atoms with van der Waals surface area (Å²) in [6, 6.07) is 0. The van der Waals surface area contributed by atoms with E-state index in [2.05, 4.69) is 0 Å². The SMILES string of the molecule is O=[Si]=O.[Ag+].[O-2].[O-2].[Ti+4]. The van der Waals surface area contributed by atoms with E-state index in [1.165, 1.54) is 0 Å². The molecular weight excluding hydrogens is 248 g/mol. The van der Waals surface area contributed by atoms with Gasteiger partial charge in [-0.3, -0.25) is 8.92 Å². The van der Waals surface area contributed by atoms with E-state index >= 15 is 0 Å². The molecule has 0 bridgehead atoms. The predicted molar refractivity (Wildman–Crippen MR) is 8.50 cm³/mol. The van der Waals surface area contributed by atoms with Crippen LogP contribution in [-0.4, -0.2) is 9.29 Å². The molecular formula is AgO4SiTi+. The van der Waals surface area contributed by atoms with Crippen LogP contribution in [0.15, 0.2) is 0 Å². The number of hydrogen-bond donors (Lipinski definition) is 0. The van der Waals surface area contributed by atoms with Gasteiger partial charge in [0.1, 0.15) is 0 Å². The minimum Gasteiger partial charge on any atom is -2.00 e. The molecule has 7 heteroatoms. The van der Waals surface area contributed by atoms with Gasteiger partial charge in [0.25, 0.3) is 0 Å². The molecule has 0 aliphatic rings. The van der Waals surface area contributed by atoms with Gasteiger partial charge in [-0.25, -0.2) is 0 Å². The second kappa shape index (κ2) is 57.4. The maximum atomic E-state index is 8.40. The zero-order valence-corrected chi connectivity index (χ0v) is 6.98. The van der Waals surface area contributed by atoms with E-state index in [4.69, 9.17) is 8.92 Å². The third-order valence-corrected chi connectivity index (χ3v) is 0. The molecule has 0 N–H and O–H groups in total. The first kappa shape index (κ1) is 41.6. The van der Waals surface area contributed by atoms with Crippen molar-refractivity contribution in [3.63, 3.8) is 0 Å². The Hall–Kier alpha value is 1.19. The van der Waals surface area contributed by atoms with Gasteiger partial charge in [0.15, 0.2) is 0 Å². The van der Waals surface area contributed by atoms with E-state index < -0.39 is 9.29 Å². The Labute approximate surface area is 73.0 Å². The maximum Gasteiger partial charge on any atom is 4.00 e. The van der Waals surface area contributed by atoms with Crippen LogP contribution in [0.5, 0.6) is 0 Å². The van der Waals surface area contributed by atoms with E-state index in [1.807, 2.05) is 0 Å². The van der Waals surface area contributed by atoms with Crippen LogP contribution in [0, 0.1) is 0 Å². The molecule has 0 radical (unpaired) electrons. The van der Waals surface area contributed by atoms with Crippen molar-refractivity contribution in [3.05, 3.63) is 0 Å². The molecule has 0 aromatic rings. The number of hydrogen-bond acceptors (Lipinski definition) is 2. The van der Waals surface area contributed by atoms with Gasteiger partial charge < -0.3 is 11.0 Å². The quantitative estimate of drug-likeness (QED) is 0.521. The van der Waals surface area contributed by atoms with Gasteiger partial charge in [0.05, 0.1) is 0 Å². The standard InChI is InChI=1S/Ag.O2Si.2O.Ti/c;1-3-2;;;/q+1;;2*-2;+4. The van der Waals surface area contributed by atoms with Crippen molar-refractivity contribution in [1.82, 2.24) is 0 Å². The van der Waals surface area contributed by atoms with Gasteiger partial charge in [0.2, 0.25) is 0 Å². The minimum absolute atomic E-state index is 0. The van der Waals surface area contributed by atoms with E-state index in [9.17, 15) is 0 Å². The Bertz CT molecular complexity index is 32.7. The molecule has 0 saturated heterocycles. The van der Waals surface area contributed by atoms with Crippen LogP contribution in [0.3, 0.4) is 0 Å². The average molecular weight is 248 g/mol. The van der Waals surface area contributed by atoms with Crippen LogP contribution in [0.1, 0.15) is 0 Å². The Morgan fingerprint density at radius 1 is 1.00 bits per heavy atom. The summed E-state index contributed by atoms with van der Waals surface area (Å²) in [5.74, 6) is 0. The first-order chi connectivity index (χ1) is 1.41. The first-order valence-corrected chi connectivity index (χ1v) is 1.22. The van der Waals surface area contributed by atoms with Crippen molar-refractivity contribution < 1.29 is 64.0 Å². The van der Waals surface area contributed by atoms with E-state index in [0.717, 1.165) is 0 Å². The summed E-state index contributed by atoms with van der Waals surface area (Å²) in [7, 11) is -1.42. The van der Waals surface area contributed by atoms with Crippen LogP contribution < -0.4 is 0 Å². The fourth-order valence-corrected chi connectivity index (χ4v) is 0. The Kier molecular flexibility index (Phi) is 341. The molecule has 42 valence electrons. The summed E-state index contributed by atoms with van der Waals surface area (Å²) < 4.78 is 16.8. The van der Waals surface area contributed by atoms with E-state index in [1.54, 1.807) is 0 Å². The first-order valence-electron chi connectivity index (χ1n) is 0.408. The molecule has 7 heavy (non-hydrogen) atoms. The van der Waals surface area contributed by atoms with Crippen molar-refractivity contribution in [1.29, 1.82) is 0 Å². The largest absolute Gasteiger partial charge is 4.00 e. The molecule has 0 heterocycles. The zero-order valence-electron chi connectivity index (χ0n) is 2.93. The summed E-state index contributed by atoms with van der Waals surface area (Å²) in [5.41, 5.74) is 0. The van der Waals surface area contributed by atoms with Crippen molar-refractivity contribution >= 4 is 9.29 Å². The molecule has 0 fully saturated rings. The van der Waals surface area contributed by atoms with Crippen molar-refractivity contribution in [2.45, 2.75) is 0 Å². The second-order valence-corrected chi connectivity index (χ2v) is 0.250. The van der Waals surface area contributed by atoms with Crippen molar-refractivity contribution in [2.24, 2.45) is 0 Å². The molecule has 0 aromatic carbocycles. The van der Waals surface area contributed by atoms with Gasteiger partial charge in [-0.05, 0) is 0 Å². The van der Waals surface area contributed by atoms with Gasteiger partial charge in [-0.2, -0.15) is 0 Å². The van der Waals surface area contributed by atoms with Crippen LogP contribution in [0.4, 0.5) is 0 Å². The monoisotopic (exact) mass is 247 g/mol. The summed E-state index contributed by atoms with van der Waals surface area (Å²) in [6.07, 6.45) is 0. The van der Waals surface area contributed by atoms with Gasteiger partial charge in [-0.1, -0.05) is 0 Å². The van der Waals surface area contributed by atoms with Crippen LogP contribution >= 0.6 is 0 Å². The Balaban J connectivity index is -0.00000000333. The fraction of sp³-hybridized carbons (Fsp3) is 0. The van der Waals surface area contributed by atoms with Gasteiger partial charge in [-0.15, -0.1) is 0 Å². The van der Waals surface area contributed by atoms with Crippen LogP contribution in [-0.2, 0) is 64.0 Å².